The molecular weight excluding hydrogens is 266 g/mol. The van der Waals surface area contributed by atoms with Gasteiger partial charge >= 0.3 is 0 Å². The molecule has 1 unspecified atom stereocenters. The number of aromatic amines is 1. The zero-order chi connectivity index (χ0) is 15.4. The summed E-state index contributed by atoms with van der Waals surface area (Å²) in [5.41, 5.74) is 7.58. The Morgan fingerprint density at radius 3 is 2.62 bits per heavy atom. The topological polar surface area (TPSA) is 87.0 Å². The first kappa shape index (κ1) is 15.8. The van der Waals surface area contributed by atoms with Crippen LogP contribution in [-0.4, -0.2) is 47.2 Å². The van der Waals surface area contributed by atoms with E-state index in [1.165, 1.54) is 25.9 Å². The van der Waals surface area contributed by atoms with E-state index in [4.69, 9.17) is 5.73 Å². The summed E-state index contributed by atoms with van der Waals surface area (Å²) in [7, 11) is 0. The Labute approximate surface area is 126 Å². The summed E-state index contributed by atoms with van der Waals surface area (Å²) in [6.07, 6.45) is 2.59. The van der Waals surface area contributed by atoms with Crippen molar-refractivity contribution in [3.8, 4) is 0 Å². The lowest BCUT2D eigenvalue weighted by molar-refractivity contribution is 0.0941. The number of carbonyl (C=O) groups is 1. The second kappa shape index (κ2) is 6.93. The molecular formula is C15H27N5O. The molecule has 0 bridgehead atoms. The van der Waals surface area contributed by atoms with Crippen molar-refractivity contribution in [3.05, 3.63) is 11.4 Å². The highest BCUT2D eigenvalue weighted by Crippen LogP contribution is 2.21. The van der Waals surface area contributed by atoms with Crippen molar-refractivity contribution in [2.75, 3.05) is 31.9 Å². The van der Waals surface area contributed by atoms with Crippen LogP contribution in [0.3, 0.4) is 0 Å². The zero-order valence-electron chi connectivity index (χ0n) is 13.3. The van der Waals surface area contributed by atoms with Gasteiger partial charge in [0.25, 0.3) is 5.91 Å². The van der Waals surface area contributed by atoms with Gasteiger partial charge in [-0.3, -0.25) is 9.89 Å². The van der Waals surface area contributed by atoms with E-state index >= 15 is 0 Å². The molecule has 1 aliphatic rings. The molecule has 0 saturated carbocycles. The van der Waals surface area contributed by atoms with Gasteiger partial charge in [-0.1, -0.05) is 20.8 Å². The normalized spacial score (nSPS) is 17.3. The predicted octanol–water partition coefficient (Wildman–Crippen LogP) is 1.58. The molecule has 1 amide bonds. The summed E-state index contributed by atoms with van der Waals surface area (Å²) in [5.74, 6) is 0.467. The molecule has 1 aromatic rings. The van der Waals surface area contributed by atoms with Gasteiger partial charge in [0.05, 0.1) is 11.4 Å². The van der Waals surface area contributed by atoms with Gasteiger partial charge in [-0.05, 0) is 37.8 Å². The summed E-state index contributed by atoms with van der Waals surface area (Å²) >= 11 is 0. The molecule has 1 aliphatic heterocycles. The predicted molar refractivity (Wildman–Crippen MR) is 84.3 cm³/mol. The van der Waals surface area contributed by atoms with Crippen molar-refractivity contribution in [1.82, 2.24) is 20.4 Å². The fraction of sp³-hybridized carbons (Fsp3) is 0.733. The number of hydrogen-bond acceptors (Lipinski definition) is 4. The van der Waals surface area contributed by atoms with Crippen molar-refractivity contribution in [2.24, 2.45) is 5.92 Å². The third-order valence-electron chi connectivity index (χ3n) is 4.01. The highest BCUT2D eigenvalue weighted by molar-refractivity contribution is 5.97. The summed E-state index contributed by atoms with van der Waals surface area (Å²) in [6, 6.07) is 0. The molecule has 0 aromatic carbocycles. The van der Waals surface area contributed by atoms with Gasteiger partial charge in [0.15, 0.2) is 5.69 Å². The summed E-state index contributed by atoms with van der Waals surface area (Å²) in [6.45, 7) is 10.2. The van der Waals surface area contributed by atoms with E-state index < -0.39 is 0 Å². The van der Waals surface area contributed by atoms with Crippen molar-refractivity contribution in [3.63, 3.8) is 0 Å². The van der Waals surface area contributed by atoms with Crippen LogP contribution >= 0.6 is 0 Å². The molecule has 1 fully saturated rings. The van der Waals surface area contributed by atoms with E-state index in [0.29, 0.717) is 23.8 Å². The van der Waals surface area contributed by atoms with Gasteiger partial charge in [-0.25, -0.2) is 0 Å². The SMILES string of the molecule is CC(CNC(=O)c1n[nH]c(C(C)C)c1N)CN1CCCC1. The molecule has 4 N–H and O–H groups in total. The highest BCUT2D eigenvalue weighted by Gasteiger charge is 2.20. The Bertz CT molecular complexity index is 476. The third kappa shape index (κ3) is 3.97. The number of nitrogens with zero attached hydrogens (tertiary/aromatic N) is 2. The molecule has 1 saturated heterocycles. The van der Waals surface area contributed by atoms with Crippen LogP contribution in [0.2, 0.25) is 0 Å². The minimum Gasteiger partial charge on any atom is -0.395 e. The van der Waals surface area contributed by atoms with Gasteiger partial charge in [-0.2, -0.15) is 5.10 Å². The Kier molecular flexibility index (Phi) is 5.22. The van der Waals surface area contributed by atoms with Gasteiger partial charge in [0, 0.05) is 13.1 Å². The van der Waals surface area contributed by atoms with Gasteiger partial charge < -0.3 is 16.0 Å². The Morgan fingerprint density at radius 2 is 2.05 bits per heavy atom. The highest BCUT2D eigenvalue weighted by atomic mass is 16.1. The molecule has 1 aromatic heterocycles. The van der Waals surface area contributed by atoms with Crippen LogP contribution in [0.15, 0.2) is 0 Å². The number of hydrogen-bond donors (Lipinski definition) is 3. The number of nitrogens with two attached hydrogens (primary N) is 1. The minimum atomic E-state index is -0.191. The molecule has 21 heavy (non-hydrogen) atoms. The number of carbonyl (C=O) groups excluding carboxylic acids is 1. The van der Waals surface area contributed by atoms with Crippen molar-refractivity contribution >= 4 is 11.6 Å². The second-order valence-corrected chi connectivity index (χ2v) is 6.38. The molecule has 0 spiro atoms. The summed E-state index contributed by atoms with van der Waals surface area (Å²) < 4.78 is 0. The average Bonchev–Trinajstić information content (AvgIpc) is 3.05. The third-order valence-corrected chi connectivity index (χ3v) is 4.01. The van der Waals surface area contributed by atoms with Gasteiger partial charge in [0.2, 0.25) is 0 Å². The second-order valence-electron chi connectivity index (χ2n) is 6.38. The van der Waals surface area contributed by atoms with Crippen LogP contribution in [0.25, 0.3) is 0 Å². The maximum absolute atomic E-state index is 12.2. The lowest BCUT2D eigenvalue weighted by Gasteiger charge is -2.20. The molecule has 2 heterocycles. The fourth-order valence-electron chi connectivity index (χ4n) is 2.80. The van der Waals surface area contributed by atoms with Gasteiger partial charge in [0.1, 0.15) is 0 Å². The maximum Gasteiger partial charge on any atom is 0.273 e. The van der Waals surface area contributed by atoms with Crippen LogP contribution in [0.5, 0.6) is 0 Å². The molecule has 0 aliphatic carbocycles. The van der Waals surface area contributed by atoms with E-state index in [-0.39, 0.29) is 11.8 Å². The number of nitrogen functional groups attached to an aromatic ring is 1. The van der Waals surface area contributed by atoms with Crippen LogP contribution < -0.4 is 11.1 Å². The monoisotopic (exact) mass is 293 g/mol. The molecule has 2 rings (SSSR count). The summed E-state index contributed by atoms with van der Waals surface area (Å²) in [5, 5.41) is 9.84. The molecule has 0 radical (unpaired) electrons. The number of aromatic nitrogens is 2. The molecule has 6 heteroatoms. The first-order valence-corrected chi connectivity index (χ1v) is 7.83. The standard InChI is InChI=1S/C15H27N5O/c1-10(2)13-12(16)14(19-18-13)15(21)17-8-11(3)9-20-6-4-5-7-20/h10-11H,4-9,16H2,1-3H3,(H,17,21)(H,18,19). The Hall–Kier alpha value is -1.56. The minimum absolute atomic E-state index is 0.191. The largest absolute Gasteiger partial charge is 0.395 e. The van der Waals surface area contributed by atoms with Crippen LogP contribution in [0, 0.1) is 5.92 Å². The first-order valence-electron chi connectivity index (χ1n) is 7.83. The number of likely N-dealkylation sites (tertiary alicyclic amines) is 1. The summed E-state index contributed by atoms with van der Waals surface area (Å²) in [4.78, 5) is 14.6. The number of rotatable bonds is 6. The molecule has 118 valence electrons. The molecule has 1 atom stereocenters. The molecule has 6 nitrogen and oxygen atoms in total. The first-order chi connectivity index (χ1) is 9.99. The average molecular weight is 293 g/mol. The number of nitrogens with one attached hydrogen (secondary N) is 2. The van der Waals surface area contributed by atoms with E-state index in [2.05, 4.69) is 27.3 Å². The van der Waals surface area contributed by atoms with Gasteiger partial charge in [-0.15, -0.1) is 0 Å². The van der Waals surface area contributed by atoms with Crippen LogP contribution in [-0.2, 0) is 0 Å². The van der Waals surface area contributed by atoms with E-state index in [1.54, 1.807) is 0 Å². The van der Waals surface area contributed by atoms with Crippen molar-refractivity contribution in [1.29, 1.82) is 0 Å². The smallest absolute Gasteiger partial charge is 0.273 e. The number of H-pyrrole nitrogens is 1. The van der Waals surface area contributed by atoms with E-state index in [0.717, 1.165) is 12.2 Å². The Morgan fingerprint density at radius 1 is 1.38 bits per heavy atom. The van der Waals surface area contributed by atoms with E-state index in [9.17, 15) is 4.79 Å². The fourth-order valence-corrected chi connectivity index (χ4v) is 2.80. The lowest BCUT2D eigenvalue weighted by Crippen LogP contribution is -2.34. The number of anilines is 1. The van der Waals surface area contributed by atoms with Crippen LogP contribution in [0.1, 0.15) is 55.7 Å². The lowest BCUT2D eigenvalue weighted by atomic mass is 10.1. The van der Waals surface area contributed by atoms with Crippen LogP contribution in [0.4, 0.5) is 5.69 Å². The zero-order valence-corrected chi connectivity index (χ0v) is 13.3. The van der Waals surface area contributed by atoms with Crippen molar-refractivity contribution < 1.29 is 4.79 Å². The maximum atomic E-state index is 12.2. The number of amides is 1. The quantitative estimate of drug-likeness (QED) is 0.743. The Balaban J connectivity index is 1.83. The van der Waals surface area contributed by atoms with E-state index in [1.807, 2.05) is 13.8 Å². The van der Waals surface area contributed by atoms with Crippen molar-refractivity contribution in [2.45, 2.75) is 39.5 Å².